The molecule has 0 aromatic carbocycles. The smallest absolute Gasteiger partial charge is 0.105 e. The van der Waals surface area contributed by atoms with Gasteiger partial charge in [0.1, 0.15) is 12.6 Å². The second kappa shape index (κ2) is 19.2. The number of unbranched alkanes of at least 4 members (excludes halogenated alkanes) is 15. The average Bonchev–Trinajstić information content (AvgIpc) is 2.66. The van der Waals surface area contributed by atoms with Gasteiger partial charge in [0.2, 0.25) is 0 Å². The van der Waals surface area contributed by atoms with Crippen LogP contribution in [0.3, 0.4) is 0 Å². The lowest BCUT2D eigenvalue weighted by atomic mass is 10.0. The predicted octanol–water partition coefficient (Wildman–Crippen LogP) is 7.49. The van der Waals surface area contributed by atoms with Gasteiger partial charge in [-0.1, -0.05) is 96.8 Å². The summed E-state index contributed by atoms with van der Waals surface area (Å²) in [5.74, 6) is 0. The van der Waals surface area contributed by atoms with Crippen LogP contribution in [0.15, 0.2) is 0 Å². The number of nitrogens with zero attached hydrogens (tertiary/aromatic N) is 1. The Labute approximate surface area is 172 Å². The van der Waals surface area contributed by atoms with E-state index in [0.29, 0.717) is 0 Å². The van der Waals surface area contributed by atoms with Crippen molar-refractivity contribution in [2.45, 2.75) is 137 Å². The summed E-state index contributed by atoms with van der Waals surface area (Å²) in [4.78, 5) is 0. The molecule has 27 heavy (non-hydrogen) atoms. The van der Waals surface area contributed by atoms with Gasteiger partial charge in [0, 0.05) is 0 Å². The highest BCUT2D eigenvalue weighted by atomic mass is 16.3. The summed E-state index contributed by atoms with van der Waals surface area (Å²) in [7, 11) is 0. The molecule has 0 amide bonds. The highest BCUT2D eigenvalue weighted by molar-refractivity contribution is 4.52. The summed E-state index contributed by atoms with van der Waals surface area (Å²) < 4.78 is 1.09. The molecule has 1 N–H and O–H groups in total. The average molecular weight is 385 g/mol. The molecule has 0 rings (SSSR count). The molecule has 0 aliphatic heterocycles. The quantitative estimate of drug-likeness (QED) is 0.160. The fourth-order valence-electron chi connectivity index (χ4n) is 4.45. The van der Waals surface area contributed by atoms with Crippen molar-refractivity contribution in [1.29, 1.82) is 0 Å². The Hall–Kier alpha value is -0.0800. The van der Waals surface area contributed by atoms with Crippen molar-refractivity contribution in [1.82, 2.24) is 0 Å². The molecule has 2 nitrogen and oxygen atoms in total. The van der Waals surface area contributed by atoms with E-state index < -0.39 is 0 Å². The van der Waals surface area contributed by atoms with Crippen LogP contribution in [0.1, 0.15) is 130 Å². The van der Waals surface area contributed by atoms with Crippen LogP contribution in [-0.2, 0) is 0 Å². The van der Waals surface area contributed by atoms with Crippen LogP contribution >= 0.6 is 0 Å². The summed E-state index contributed by atoms with van der Waals surface area (Å²) in [6.45, 7) is 13.3. The predicted molar refractivity (Wildman–Crippen MR) is 122 cm³/mol. The summed E-state index contributed by atoms with van der Waals surface area (Å²) in [6, 6.07) is 0. The highest BCUT2D eigenvalue weighted by Gasteiger charge is 2.24. The van der Waals surface area contributed by atoms with Gasteiger partial charge < -0.3 is 9.59 Å². The summed E-state index contributed by atoms with van der Waals surface area (Å²) >= 11 is 0. The van der Waals surface area contributed by atoms with Gasteiger partial charge in [-0.3, -0.25) is 0 Å². The van der Waals surface area contributed by atoms with E-state index >= 15 is 0 Å². The van der Waals surface area contributed by atoms with Gasteiger partial charge in [0.15, 0.2) is 0 Å². The van der Waals surface area contributed by atoms with Crippen molar-refractivity contribution in [2.24, 2.45) is 0 Å². The fraction of sp³-hybridized carbons (Fsp3) is 1.00. The Morgan fingerprint density at radius 1 is 0.556 bits per heavy atom. The first kappa shape index (κ1) is 26.9. The van der Waals surface area contributed by atoms with E-state index in [1.54, 1.807) is 0 Å². The summed E-state index contributed by atoms with van der Waals surface area (Å²) in [5, 5.41) is 9.77. The molecule has 0 fully saturated rings. The maximum absolute atomic E-state index is 9.77. The van der Waals surface area contributed by atoms with Crippen LogP contribution in [-0.4, -0.2) is 41.9 Å². The molecule has 0 aromatic heterocycles. The number of likely N-dealkylation sites (N-methyl/N-ethyl adjacent to an activating group) is 1. The van der Waals surface area contributed by atoms with Crippen molar-refractivity contribution in [2.75, 3.05) is 26.2 Å². The molecule has 0 heterocycles. The third-order valence-electron chi connectivity index (χ3n) is 6.48. The lowest BCUT2D eigenvalue weighted by molar-refractivity contribution is -0.927. The van der Waals surface area contributed by atoms with Gasteiger partial charge >= 0.3 is 0 Å². The van der Waals surface area contributed by atoms with E-state index in [2.05, 4.69) is 20.8 Å². The minimum absolute atomic E-state index is 0.175. The molecule has 0 radical (unpaired) electrons. The topological polar surface area (TPSA) is 20.2 Å². The van der Waals surface area contributed by atoms with Gasteiger partial charge in [-0.25, -0.2) is 0 Å². The van der Waals surface area contributed by atoms with Gasteiger partial charge in [-0.2, -0.15) is 0 Å². The SMILES string of the molecule is CCCCCCCCCCCCCCCCCC[N+](CC)(CC)CC(C)O. The molecule has 0 spiro atoms. The maximum Gasteiger partial charge on any atom is 0.105 e. The first-order valence-corrected chi connectivity index (χ1v) is 12.6. The monoisotopic (exact) mass is 384 g/mol. The molecular formula is C25H54NO+. The van der Waals surface area contributed by atoms with Gasteiger partial charge in [0.05, 0.1) is 19.6 Å². The van der Waals surface area contributed by atoms with Crippen LogP contribution in [0.4, 0.5) is 0 Å². The Morgan fingerprint density at radius 2 is 0.889 bits per heavy atom. The van der Waals surface area contributed by atoms with Crippen LogP contribution in [0.25, 0.3) is 0 Å². The summed E-state index contributed by atoms with van der Waals surface area (Å²) in [5.41, 5.74) is 0. The Kier molecular flexibility index (Phi) is 19.2. The molecule has 0 aromatic rings. The number of quaternary nitrogens is 1. The van der Waals surface area contributed by atoms with Crippen molar-refractivity contribution in [3.05, 3.63) is 0 Å². The van der Waals surface area contributed by atoms with Crippen LogP contribution in [0, 0.1) is 0 Å². The number of rotatable bonds is 21. The number of hydrogen-bond acceptors (Lipinski definition) is 1. The first-order valence-electron chi connectivity index (χ1n) is 12.6. The standard InChI is InChI=1S/C25H54NO/c1-5-8-9-10-11-12-13-14-15-16-17-18-19-20-21-22-23-26(6-2,7-3)24-25(4)27/h25,27H,5-24H2,1-4H3/q+1. The molecule has 1 unspecified atom stereocenters. The Bertz CT molecular complexity index is 286. The lowest BCUT2D eigenvalue weighted by Crippen LogP contribution is -2.52. The molecule has 0 aliphatic rings. The zero-order valence-corrected chi connectivity index (χ0v) is 19.6. The van der Waals surface area contributed by atoms with Gasteiger partial charge in [-0.05, 0) is 33.6 Å². The molecule has 1 atom stereocenters. The molecular weight excluding hydrogens is 330 g/mol. The van der Waals surface area contributed by atoms with Crippen LogP contribution in [0.5, 0.6) is 0 Å². The molecule has 0 saturated carbocycles. The molecule has 0 aliphatic carbocycles. The Morgan fingerprint density at radius 3 is 1.19 bits per heavy atom. The van der Waals surface area contributed by atoms with Gasteiger partial charge in [0.25, 0.3) is 0 Å². The fourth-order valence-corrected chi connectivity index (χ4v) is 4.45. The van der Waals surface area contributed by atoms with Crippen molar-refractivity contribution < 1.29 is 9.59 Å². The highest BCUT2D eigenvalue weighted by Crippen LogP contribution is 2.15. The summed E-state index contributed by atoms with van der Waals surface area (Å²) in [6.07, 6.45) is 22.7. The van der Waals surface area contributed by atoms with E-state index in [1.807, 2.05) is 6.92 Å². The number of aliphatic hydroxyl groups excluding tert-OH is 1. The van der Waals surface area contributed by atoms with Crippen molar-refractivity contribution in [3.63, 3.8) is 0 Å². The minimum atomic E-state index is -0.175. The van der Waals surface area contributed by atoms with Crippen LogP contribution in [0.2, 0.25) is 0 Å². The van der Waals surface area contributed by atoms with E-state index in [-0.39, 0.29) is 6.10 Å². The molecule has 2 heteroatoms. The third kappa shape index (κ3) is 16.6. The second-order valence-electron chi connectivity index (χ2n) is 9.03. The molecule has 0 saturated heterocycles. The van der Waals surface area contributed by atoms with E-state index in [0.717, 1.165) is 24.1 Å². The number of hydrogen-bond donors (Lipinski definition) is 1. The van der Waals surface area contributed by atoms with Gasteiger partial charge in [-0.15, -0.1) is 0 Å². The van der Waals surface area contributed by atoms with E-state index in [9.17, 15) is 5.11 Å². The van der Waals surface area contributed by atoms with E-state index in [1.165, 1.54) is 109 Å². The van der Waals surface area contributed by atoms with Crippen molar-refractivity contribution in [3.8, 4) is 0 Å². The normalized spacial score (nSPS) is 13.2. The van der Waals surface area contributed by atoms with E-state index in [4.69, 9.17) is 0 Å². The second-order valence-corrected chi connectivity index (χ2v) is 9.03. The minimum Gasteiger partial charge on any atom is -0.388 e. The molecule has 164 valence electrons. The zero-order valence-electron chi connectivity index (χ0n) is 19.6. The largest absolute Gasteiger partial charge is 0.388 e. The zero-order chi connectivity index (χ0) is 20.2. The lowest BCUT2D eigenvalue weighted by Gasteiger charge is -2.38. The Balaban J connectivity index is 3.37. The number of aliphatic hydroxyl groups is 1. The van der Waals surface area contributed by atoms with Crippen molar-refractivity contribution >= 4 is 0 Å². The molecule has 0 bridgehead atoms. The third-order valence-corrected chi connectivity index (χ3v) is 6.48. The maximum atomic E-state index is 9.77. The first-order chi connectivity index (χ1) is 13.1. The van der Waals surface area contributed by atoms with Crippen LogP contribution < -0.4 is 0 Å².